The SMILES string of the molecule is CCOC(=O)C(C)(C)c1cc(C)ccn1. The average Bonchev–Trinajstić information content (AvgIpc) is 2.18. The number of nitrogens with zero attached hydrogens (tertiary/aromatic N) is 1. The highest BCUT2D eigenvalue weighted by Gasteiger charge is 2.32. The molecule has 0 spiro atoms. The number of aryl methyl sites for hydroxylation is 1. The van der Waals surface area contributed by atoms with Gasteiger partial charge in [-0.05, 0) is 45.4 Å². The molecule has 0 saturated carbocycles. The van der Waals surface area contributed by atoms with E-state index < -0.39 is 5.41 Å². The van der Waals surface area contributed by atoms with Crippen LogP contribution in [0, 0.1) is 6.92 Å². The smallest absolute Gasteiger partial charge is 0.317 e. The molecule has 3 heteroatoms. The second kappa shape index (κ2) is 4.43. The summed E-state index contributed by atoms with van der Waals surface area (Å²) in [6.07, 6.45) is 1.71. The highest BCUT2D eigenvalue weighted by molar-refractivity contribution is 5.81. The number of rotatable bonds is 3. The van der Waals surface area contributed by atoms with E-state index in [0.29, 0.717) is 6.61 Å². The van der Waals surface area contributed by atoms with Crippen molar-refractivity contribution in [3.05, 3.63) is 29.6 Å². The summed E-state index contributed by atoms with van der Waals surface area (Å²) < 4.78 is 5.02. The Bertz CT molecular complexity index is 358. The zero-order valence-corrected chi connectivity index (χ0v) is 9.70. The van der Waals surface area contributed by atoms with Crippen molar-refractivity contribution < 1.29 is 9.53 Å². The van der Waals surface area contributed by atoms with Crippen LogP contribution in [0.2, 0.25) is 0 Å². The van der Waals surface area contributed by atoms with E-state index in [1.54, 1.807) is 13.1 Å². The number of aromatic nitrogens is 1. The minimum atomic E-state index is -0.679. The summed E-state index contributed by atoms with van der Waals surface area (Å²) in [6, 6.07) is 3.82. The molecule has 0 aromatic carbocycles. The molecule has 3 nitrogen and oxygen atoms in total. The molecule has 82 valence electrons. The monoisotopic (exact) mass is 207 g/mol. The van der Waals surface area contributed by atoms with Gasteiger partial charge in [0.1, 0.15) is 5.41 Å². The number of hydrogen-bond donors (Lipinski definition) is 0. The van der Waals surface area contributed by atoms with Gasteiger partial charge in [-0.3, -0.25) is 9.78 Å². The lowest BCUT2D eigenvalue weighted by Gasteiger charge is -2.21. The van der Waals surface area contributed by atoms with Gasteiger partial charge in [-0.25, -0.2) is 0 Å². The van der Waals surface area contributed by atoms with Gasteiger partial charge in [0.2, 0.25) is 0 Å². The molecule has 0 fully saturated rings. The second-order valence-electron chi connectivity index (χ2n) is 4.06. The van der Waals surface area contributed by atoms with E-state index in [4.69, 9.17) is 4.74 Å². The summed E-state index contributed by atoms with van der Waals surface area (Å²) in [4.78, 5) is 15.9. The van der Waals surface area contributed by atoms with Gasteiger partial charge in [0, 0.05) is 6.20 Å². The largest absolute Gasteiger partial charge is 0.465 e. The van der Waals surface area contributed by atoms with E-state index >= 15 is 0 Å². The van der Waals surface area contributed by atoms with Crippen LogP contribution in [-0.4, -0.2) is 17.6 Å². The highest BCUT2D eigenvalue weighted by Crippen LogP contribution is 2.23. The summed E-state index contributed by atoms with van der Waals surface area (Å²) in [7, 11) is 0. The van der Waals surface area contributed by atoms with Gasteiger partial charge in [0.25, 0.3) is 0 Å². The fourth-order valence-corrected chi connectivity index (χ4v) is 1.29. The fourth-order valence-electron chi connectivity index (χ4n) is 1.29. The first kappa shape index (κ1) is 11.7. The third-order valence-electron chi connectivity index (χ3n) is 2.34. The predicted octanol–water partition coefficient (Wildman–Crippen LogP) is 2.23. The van der Waals surface area contributed by atoms with Crippen LogP contribution in [0.4, 0.5) is 0 Å². The van der Waals surface area contributed by atoms with Crippen LogP contribution in [-0.2, 0) is 14.9 Å². The standard InChI is InChI=1S/C12H17NO2/c1-5-15-11(14)12(3,4)10-8-9(2)6-7-13-10/h6-8H,5H2,1-4H3. The lowest BCUT2D eigenvalue weighted by molar-refractivity contribution is -0.148. The summed E-state index contributed by atoms with van der Waals surface area (Å²) >= 11 is 0. The molecule has 1 aromatic rings. The van der Waals surface area contributed by atoms with Crippen LogP contribution in [0.5, 0.6) is 0 Å². The summed E-state index contributed by atoms with van der Waals surface area (Å²) in [5, 5.41) is 0. The number of carbonyl (C=O) groups excluding carboxylic acids is 1. The Morgan fingerprint density at radius 2 is 2.20 bits per heavy atom. The van der Waals surface area contributed by atoms with E-state index in [1.165, 1.54) is 0 Å². The van der Waals surface area contributed by atoms with Crippen molar-refractivity contribution in [2.24, 2.45) is 0 Å². The van der Waals surface area contributed by atoms with Gasteiger partial charge >= 0.3 is 5.97 Å². The topological polar surface area (TPSA) is 39.2 Å². The average molecular weight is 207 g/mol. The molecular formula is C12H17NO2. The Labute approximate surface area is 90.5 Å². The maximum absolute atomic E-state index is 11.7. The van der Waals surface area contributed by atoms with E-state index in [1.807, 2.05) is 32.9 Å². The van der Waals surface area contributed by atoms with Gasteiger partial charge in [0.05, 0.1) is 12.3 Å². The molecule has 0 aliphatic heterocycles. The second-order valence-corrected chi connectivity index (χ2v) is 4.06. The molecule has 1 heterocycles. The molecule has 0 amide bonds. The van der Waals surface area contributed by atoms with Gasteiger partial charge < -0.3 is 4.74 Å². The maximum Gasteiger partial charge on any atom is 0.317 e. The lowest BCUT2D eigenvalue weighted by atomic mass is 9.88. The summed E-state index contributed by atoms with van der Waals surface area (Å²) in [5.41, 5.74) is 1.17. The number of esters is 1. The minimum absolute atomic E-state index is 0.233. The molecule has 0 unspecified atom stereocenters. The van der Waals surface area contributed by atoms with Crippen LogP contribution in [0.1, 0.15) is 32.0 Å². The van der Waals surface area contributed by atoms with E-state index in [9.17, 15) is 4.79 Å². The number of hydrogen-bond acceptors (Lipinski definition) is 3. The Morgan fingerprint density at radius 1 is 1.53 bits per heavy atom. The Hall–Kier alpha value is -1.38. The van der Waals surface area contributed by atoms with E-state index in [2.05, 4.69) is 4.98 Å². The minimum Gasteiger partial charge on any atom is -0.465 e. The Morgan fingerprint density at radius 3 is 2.73 bits per heavy atom. The van der Waals surface area contributed by atoms with Crippen molar-refractivity contribution in [2.75, 3.05) is 6.61 Å². The van der Waals surface area contributed by atoms with Crippen LogP contribution in [0.15, 0.2) is 18.3 Å². The van der Waals surface area contributed by atoms with Crippen molar-refractivity contribution >= 4 is 5.97 Å². The predicted molar refractivity (Wildman–Crippen MR) is 58.6 cm³/mol. The quantitative estimate of drug-likeness (QED) is 0.713. The number of ether oxygens (including phenoxy) is 1. The van der Waals surface area contributed by atoms with Crippen LogP contribution < -0.4 is 0 Å². The fraction of sp³-hybridized carbons (Fsp3) is 0.500. The van der Waals surface area contributed by atoms with Gasteiger partial charge in [-0.2, -0.15) is 0 Å². The molecule has 0 atom stereocenters. The van der Waals surface area contributed by atoms with Crippen molar-refractivity contribution in [2.45, 2.75) is 33.1 Å². The van der Waals surface area contributed by atoms with Gasteiger partial charge in [0.15, 0.2) is 0 Å². The van der Waals surface area contributed by atoms with Crippen LogP contribution in [0.25, 0.3) is 0 Å². The summed E-state index contributed by atoms with van der Waals surface area (Å²) in [6.45, 7) is 7.83. The van der Waals surface area contributed by atoms with E-state index in [-0.39, 0.29) is 5.97 Å². The first-order valence-corrected chi connectivity index (χ1v) is 5.09. The first-order chi connectivity index (χ1) is 6.98. The molecule has 1 rings (SSSR count). The van der Waals surface area contributed by atoms with Gasteiger partial charge in [-0.15, -0.1) is 0 Å². The summed E-state index contributed by atoms with van der Waals surface area (Å²) in [5.74, 6) is -0.233. The third-order valence-corrected chi connectivity index (χ3v) is 2.34. The number of pyridine rings is 1. The first-order valence-electron chi connectivity index (χ1n) is 5.09. The Balaban J connectivity index is 2.99. The van der Waals surface area contributed by atoms with Crippen LogP contribution >= 0.6 is 0 Å². The lowest BCUT2D eigenvalue weighted by Crippen LogP contribution is -2.32. The molecule has 1 aromatic heterocycles. The number of carbonyl (C=O) groups is 1. The molecule has 15 heavy (non-hydrogen) atoms. The van der Waals surface area contributed by atoms with Crippen molar-refractivity contribution in [1.82, 2.24) is 4.98 Å². The van der Waals surface area contributed by atoms with Crippen LogP contribution in [0.3, 0.4) is 0 Å². The Kier molecular flexibility index (Phi) is 3.45. The zero-order chi connectivity index (χ0) is 11.5. The molecule has 0 bridgehead atoms. The zero-order valence-electron chi connectivity index (χ0n) is 9.70. The van der Waals surface area contributed by atoms with Gasteiger partial charge in [-0.1, -0.05) is 0 Å². The van der Waals surface area contributed by atoms with Crippen molar-refractivity contribution in [3.8, 4) is 0 Å². The molecule has 0 radical (unpaired) electrons. The normalized spacial score (nSPS) is 11.2. The third kappa shape index (κ3) is 2.55. The van der Waals surface area contributed by atoms with E-state index in [0.717, 1.165) is 11.3 Å². The van der Waals surface area contributed by atoms with Crippen molar-refractivity contribution in [3.63, 3.8) is 0 Å². The molecule has 0 saturated heterocycles. The highest BCUT2D eigenvalue weighted by atomic mass is 16.5. The molecular weight excluding hydrogens is 190 g/mol. The maximum atomic E-state index is 11.7. The molecule has 0 aliphatic rings. The van der Waals surface area contributed by atoms with Crippen molar-refractivity contribution in [1.29, 1.82) is 0 Å². The molecule has 0 aliphatic carbocycles. The molecule has 0 N–H and O–H groups in total.